The van der Waals surface area contributed by atoms with Gasteiger partial charge in [-0.3, -0.25) is 4.79 Å². The van der Waals surface area contributed by atoms with E-state index in [0.717, 1.165) is 17.8 Å². The molecule has 0 fully saturated rings. The van der Waals surface area contributed by atoms with E-state index in [2.05, 4.69) is 11.6 Å². The van der Waals surface area contributed by atoms with Crippen molar-refractivity contribution in [3.8, 4) is 22.8 Å². The first-order valence-corrected chi connectivity index (χ1v) is 9.92. The lowest BCUT2D eigenvalue weighted by molar-refractivity contribution is -0.137. The summed E-state index contributed by atoms with van der Waals surface area (Å²) in [4.78, 5) is 18.0. The molecule has 8 heteroatoms. The number of nitrogens with zero attached hydrogens (tertiary/aromatic N) is 2. The predicted molar refractivity (Wildman–Crippen MR) is 122 cm³/mol. The predicted octanol–water partition coefficient (Wildman–Crippen LogP) is 6.18. The SMILES string of the molecule is C=C/C(=C\C)N(C)c1cc(C(N)=O)nc(-c2ccc(Oc3ccc(C(F)(F)F)cc3)cc2)c1. The second-order valence-electron chi connectivity index (χ2n) is 7.09. The van der Waals surface area contributed by atoms with Gasteiger partial charge in [0.05, 0.1) is 11.3 Å². The Morgan fingerprint density at radius 1 is 1.06 bits per heavy atom. The van der Waals surface area contributed by atoms with E-state index in [1.54, 1.807) is 36.4 Å². The van der Waals surface area contributed by atoms with E-state index in [4.69, 9.17) is 10.5 Å². The smallest absolute Gasteiger partial charge is 0.416 e. The number of alkyl halides is 3. The zero-order chi connectivity index (χ0) is 24.2. The Hall–Kier alpha value is -4.07. The van der Waals surface area contributed by atoms with Crippen LogP contribution in [0.15, 0.2) is 85.1 Å². The fourth-order valence-corrected chi connectivity index (χ4v) is 3.12. The number of pyridine rings is 1. The quantitative estimate of drug-likeness (QED) is 0.434. The Labute approximate surface area is 189 Å². The number of aromatic nitrogens is 1. The third-order valence-electron chi connectivity index (χ3n) is 4.91. The summed E-state index contributed by atoms with van der Waals surface area (Å²) in [6.07, 6.45) is -0.833. The van der Waals surface area contributed by atoms with Crippen LogP contribution in [0.3, 0.4) is 0 Å². The number of carbonyl (C=O) groups excluding carboxylic acids is 1. The maximum atomic E-state index is 12.7. The van der Waals surface area contributed by atoms with E-state index in [1.165, 1.54) is 12.1 Å². The number of allylic oxidation sites excluding steroid dienone is 2. The van der Waals surface area contributed by atoms with Gasteiger partial charge < -0.3 is 15.4 Å². The first-order valence-electron chi connectivity index (χ1n) is 9.92. The Balaban J connectivity index is 1.88. The monoisotopic (exact) mass is 453 g/mol. The highest BCUT2D eigenvalue weighted by Gasteiger charge is 2.30. The molecule has 1 amide bonds. The molecule has 0 saturated heterocycles. The van der Waals surface area contributed by atoms with Crippen molar-refractivity contribution in [1.82, 2.24) is 4.98 Å². The molecule has 1 aromatic heterocycles. The molecule has 5 nitrogen and oxygen atoms in total. The number of hydrogen-bond acceptors (Lipinski definition) is 4. The lowest BCUT2D eigenvalue weighted by atomic mass is 10.1. The molecule has 0 aliphatic rings. The number of primary amides is 1. The van der Waals surface area contributed by atoms with Crippen molar-refractivity contribution in [2.45, 2.75) is 13.1 Å². The average Bonchev–Trinajstić information content (AvgIpc) is 2.79. The summed E-state index contributed by atoms with van der Waals surface area (Å²) >= 11 is 0. The largest absolute Gasteiger partial charge is 0.457 e. The summed E-state index contributed by atoms with van der Waals surface area (Å²) in [5, 5.41) is 0. The first-order chi connectivity index (χ1) is 15.6. The lowest BCUT2D eigenvalue weighted by Crippen LogP contribution is -2.18. The van der Waals surface area contributed by atoms with Crippen LogP contribution in [-0.2, 0) is 6.18 Å². The Morgan fingerprint density at radius 2 is 1.64 bits per heavy atom. The van der Waals surface area contributed by atoms with Crippen LogP contribution < -0.4 is 15.4 Å². The van der Waals surface area contributed by atoms with E-state index < -0.39 is 17.6 Å². The minimum absolute atomic E-state index is 0.110. The molecule has 0 aliphatic carbocycles. The number of likely N-dealkylation sites (N-methyl/N-ethyl adjacent to an activating group) is 1. The number of hydrogen-bond donors (Lipinski definition) is 1. The van der Waals surface area contributed by atoms with Crippen LogP contribution in [0.2, 0.25) is 0 Å². The number of ether oxygens (including phenoxy) is 1. The summed E-state index contributed by atoms with van der Waals surface area (Å²) in [5.41, 5.74) is 7.60. The van der Waals surface area contributed by atoms with Gasteiger partial charge in [0.15, 0.2) is 0 Å². The molecule has 2 N–H and O–H groups in total. The second-order valence-corrected chi connectivity index (χ2v) is 7.09. The third-order valence-corrected chi connectivity index (χ3v) is 4.91. The van der Waals surface area contributed by atoms with E-state index in [9.17, 15) is 18.0 Å². The highest BCUT2D eigenvalue weighted by Crippen LogP contribution is 2.32. The van der Waals surface area contributed by atoms with Crippen molar-refractivity contribution < 1.29 is 22.7 Å². The zero-order valence-corrected chi connectivity index (χ0v) is 18.1. The second kappa shape index (κ2) is 9.60. The number of carbonyl (C=O) groups is 1. The van der Waals surface area contributed by atoms with Gasteiger partial charge in [0, 0.05) is 24.0 Å². The van der Waals surface area contributed by atoms with Gasteiger partial charge in [-0.05, 0) is 73.7 Å². The molecule has 0 unspecified atom stereocenters. The van der Waals surface area contributed by atoms with Gasteiger partial charge in [-0.2, -0.15) is 13.2 Å². The number of benzene rings is 2. The molecular formula is C25H22F3N3O2. The van der Waals surface area contributed by atoms with Gasteiger partial charge in [-0.15, -0.1) is 0 Å². The molecule has 0 spiro atoms. The molecule has 0 radical (unpaired) electrons. The van der Waals surface area contributed by atoms with E-state index in [0.29, 0.717) is 22.7 Å². The Kier molecular flexibility index (Phi) is 6.86. The summed E-state index contributed by atoms with van der Waals surface area (Å²) in [7, 11) is 1.84. The Bertz CT molecular complexity index is 1190. The van der Waals surface area contributed by atoms with Crippen LogP contribution in [-0.4, -0.2) is 17.9 Å². The van der Waals surface area contributed by atoms with Crippen LogP contribution in [0.4, 0.5) is 18.9 Å². The molecular weight excluding hydrogens is 431 g/mol. The summed E-state index contributed by atoms with van der Waals surface area (Å²) in [6, 6.07) is 14.6. The number of anilines is 1. The van der Waals surface area contributed by atoms with Crippen molar-refractivity contribution in [1.29, 1.82) is 0 Å². The van der Waals surface area contributed by atoms with Crippen LogP contribution in [0, 0.1) is 0 Å². The molecule has 3 aromatic rings. The van der Waals surface area contributed by atoms with Gasteiger partial charge in [-0.1, -0.05) is 12.7 Å². The highest BCUT2D eigenvalue weighted by molar-refractivity contribution is 5.92. The van der Waals surface area contributed by atoms with Gasteiger partial charge in [0.1, 0.15) is 17.2 Å². The number of nitrogens with two attached hydrogens (primary N) is 1. The molecule has 33 heavy (non-hydrogen) atoms. The topological polar surface area (TPSA) is 68.5 Å². The van der Waals surface area contributed by atoms with Crippen molar-refractivity contribution in [3.63, 3.8) is 0 Å². The summed E-state index contributed by atoms with van der Waals surface area (Å²) in [5.74, 6) is 0.0518. The molecule has 2 aromatic carbocycles. The molecule has 0 bridgehead atoms. The van der Waals surface area contributed by atoms with E-state index in [-0.39, 0.29) is 11.4 Å². The average molecular weight is 453 g/mol. The van der Waals surface area contributed by atoms with Gasteiger partial charge in [0.2, 0.25) is 0 Å². The van der Waals surface area contributed by atoms with Gasteiger partial charge in [0.25, 0.3) is 5.91 Å². The first kappa shape index (κ1) is 23.6. The third kappa shape index (κ3) is 5.60. The highest BCUT2D eigenvalue weighted by atomic mass is 19.4. The molecule has 0 atom stereocenters. The van der Waals surface area contributed by atoms with Crippen LogP contribution in [0.5, 0.6) is 11.5 Å². The number of amides is 1. The van der Waals surface area contributed by atoms with Crippen LogP contribution in [0.1, 0.15) is 23.0 Å². The van der Waals surface area contributed by atoms with E-state index in [1.807, 2.05) is 31.0 Å². The van der Waals surface area contributed by atoms with Crippen molar-refractivity contribution in [2.24, 2.45) is 5.73 Å². The molecule has 3 rings (SSSR count). The fourth-order valence-electron chi connectivity index (χ4n) is 3.12. The minimum Gasteiger partial charge on any atom is -0.457 e. The Morgan fingerprint density at radius 3 is 2.12 bits per heavy atom. The van der Waals surface area contributed by atoms with Gasteiger partial charge >= 0.3 is 6.18 Å². The zero-order valence-electron chi connectivity index (χ0n) is 18.1. The van der Waals surface area contributed by atoms with Crippen LogP contribution >= 0.6 is 0 Å². The van der Waals surface area contributed by atoms with Crippen molar-refractivity contribution in [3.05, 3.63) is 96.3 Å². The lowest BCUT2D eigenvalue weighted by Gasteiger charge is -2.21. The maximum absolute atomic E-state index is 12.7. The molecule has 0 saturated carbocycles. The van der Waals surface area contributed by atoms with Crippen molar-refractivity contribution in [2.75, 3.05) is 11.9 Å². The number of rotatable bonds is 7. The summed E-state index contributed by atoms with van der Waals surface area (Å²) in [6.45, 7) is 5.67. The normalized spacial score (nSPS) is 11.7. The van der Waals surface area contributed by atoms with Crippen LogP contribution in [0.25, 0.3) is 11.3 Å². The molecule has 0 aliphatic heterocycles. The van der Waals surface area contributed by atoms with E-state index >= 15 is 0 Å². The molecule has 170 valence electrons. The summed E-state index contributed by atoms with van der Waals surface area (Å²) < 4.78 is 43.8. The van der Waals surface area contributed by atoms with Crippen molar-refractivity contribution >= 4 is 11.6 Å². The molecule has 1 heterocycles. The number of halogens is 3. The standard InChI is InChI=1S/C25H22F3N3O2/c1-4-18(5-2)31(3)19-14-22(30-23(15-19)24(29)32)16-6-10-20(11-7-16)33-21-12-8-17(9-13-21)25(26,27)28/h4-15H,1H2,2-3H3,(H2,29,32)/b18-5+. The minimum atomic E-state index is -4.40. The fraction of sp³-hybridized carbons (Fsp3) is 0.120. The maximum Gasteiger partial charge on any atom is 0.416 e. The van der Waals surface area contributed by atoms with Gasteiger partial charge in [-0.25, -0.2) is 4.98 Å².